The van der Waals surface area contributed by atoms with E-state index in [1.54, 1.807) is 0 Å². The van der Waals surface area contributed by atoms with Crippen molar-refractivity contribution in [2.45, 2.75) is 19.9 Å². The zero-order chi connectivity index (χ0) is 31.9. The Hall–Kier alpha value is -6.14. The molecule has 5 heterocycles. The van der Waals surface area contributed by atoms with Gasteiger partial charge < -0.3 is 13.7 Å². The van der Waals surface area contributed by atoms with E-state index in [1.807, 2.05) is 25.6 Å². The van der Waals surface area contributed by atoms with E-state index >= 15 is 0 Å². The predicted octanol–water partition coefficient (Wildman–Crippen LogP) is 10.2. The van der Waals surface area contributed by atoms with Crippen LogP contribution in [0.1, 0.15) is 13.3 Å². The number of aromatic nitrogens is 6. The molecule has 10 rings (SSSR count). The van der Waals surface area contributed by atoms with Gasteiger partial charge in [-0.3, -0.25) is 4.57 Å². The quantitative estimate of drug-likeness (QED) is 0.192. The van der Waals surface area contributed by atoms with Gasteiger partial charge in [-0.25, -0.2) is 9.97 Å². The average molecular weight is 621 g/mol. The summed E-state index contributed by atoms with van der Waals surface area (Å²) in [5.41, 5.74) is 9.23. The summed E-state index contributed by atoms with van der Waals surface area (Å²) >= 11 is 0. The summed E-state index contributed by atoms with van der Waals surface area (Å²) in [5, 5.41) is 7.38. The number of aryl methyl sites for hydroxylation is 2. The Morgan fingerprint density at radius 3 is 1.88 bits per heavy atom. The number of hydrogen-bond acceptors (Lipinski definition) is 2. The maximum Gasteiger partial charge on any atom is 0.162 e. The Morgan fingerprint density at radius 2 is 1.17 bits per heavy atom. The highest BCUT2D eigenvalue weighted by Crippen LogP contribution is 2.40. The number of pyridine rings is 1. The van der Waals surface area contributed by atoms with Crippen LogP contribution < -0.4 is 0 Å². The Kier molecular flexibility index (Phi) is 5.73. The van der Waals surface area contributed by atoms with Gasteiger partial charge in [-0.1, -0.05) is 79.7 Å². The van der Waals surface area contributed by atoms with Gasteiger partial charge in [0.1, 0.15) is 5.82 Å². The molecule has 0 aliphatic rings. The molecule has 6 heteroatoms. The second-order valence-corrected chi connectivity index (χ2v) is 12.7. The largest absolute Gasteiger partial charge is 0.337 e. The average Bonchev–Trinajstić information content (AvgIpc) is 3.88. The lowest BCUT2D eigenvalue weighted by atomic mass is 10.1. The van der Waals surface area contributed by atoms with Crippen LogP contribution in [-0.2, 0) is 13.6 Å². The highest BCUT2D eigenvalue weighted by Gasteiger charge is 2.21. The predicted molar refractivity (Wildman–Crippen MR) is 198 cm³/mol. The molecule has 230 valence electrons. The zero-order valence-electron chi connectivity index (χ0n) is 26.8. The van der Waals surface area contributed by atoms with E-state index in [2.05, 4.69) is 145 Å². The monoisotopic (exact) mass is 620 g/mol. The van der Waals surface area contributed by atoms with E-state index in [-0.39, 0.29) is 0 Å². The third-order valence-electron chi connectivity index (χ3n) is 9.99. The molecule has 0 bridgehead atoms. The summed E-state index contributed by atoms with van der Waals surface area (Å²) in [6.45, 7) is 3.17. The normalized spacial score (nSPS) is 12.1. The number of imidazole rings is 1. The first-order chi connectivity index (χ1) is 23.7. The molecular formula is C42H32N6. The minimum atomic E-state index is 0.921. The highest BCUT2D eigenvalue weighted by atomic mass is 15.1. The second kappa shape index (κ2) is 10.2. The van der Waals surface area contributed by atoms with Crippen molar-refractivity contribution in [1.82, 2.24) is 28.2 Å². The zero-order valence-corrected chi connectivity index (χ0v) is 26.8. The molecule has 5 aromatic heterocycles. The maximum atomic E-state index is 5.15. The van der Waals surface area contributed by atoms with Crippen LogP contribution in [-0.4, -0.2) is 28.2 Å². The van der Waals surface area contributed by atoms with E-state index in [0.29, 0.717) is 0 Å². The summed E-state index contributed by atoms with van der Waals surface area (Å²) in [6.07, 6.45) is 6.86. The molecule has 0 aliphatic heterocycles. The summed E-state index contributed by atoms with van der Waals surface area (Å²) in [5.74, 6) is 1.91. The number of nitrogens with zero attached hydrogens (tertiary/aromatic N) is 6. The van der Waals surface area contributed by atoms with Crippen LogP contribution in [0.4, 0.5) is 0 Å². The number of hydrogen-bond donors (Lipinski definition) is 0. The molecular weight excluding hydrogens is 589 g/mol. The summed E-state index contributed by atoms with van der Waals surface area (Å²) in [4.78, 5) is 9.82. The molecule has 48 heavy (non-hydrogen) atoms. The maximum absolute atomic E-state index is 5.15. The smallest absolute Gasteiger partial charge is 0.162 e. The van der Waals surface area contributed by atoms with E-state index in [0.717, 1.165) is 52.4 Å². The summed E-state index contributed by atoms with van der Waals surface area (Å²) in [6, 6.07) is 41.9. The minimum absolute atomic E-state index is 0.921. The molecule has 0 saturated heterocycles. The van der Waals surface area contributed by atoms with Crippen LogP contribution in [0, 0.1) is 0 Å². The number of para-hydroxylation sites is 3. The number of fused-ring (bicyclic) bond motifs is 9. The number of benzene rings is 5. The Balaban J connectivity index is 1.31. The van der Waals surface area contributed by atoms with Gasteiger partial charge in [0, 0.05) is 81.3 Å². The van der Waals surface area contributed by atoms with Crippen molar-refractivity contribution in [2.75, 3.05) is 0 Å². The van der Waals surface area contributed by atoms with Crippen LogP contribution >= 0.6 is 0 Å². The van der Waals surface area contributed by atoms with Crippen LogP contribution in [0.15, 0.2) is 134 Å². The minimum Gasteiger partial charge on any atom is -0.337 e. The van der Waals surface area contributed by atoms with Crippen molar-refractivity contribution in [1.29, 1.82) is 0 Å². The lowest BCUT2D eigenvalue weighted by Gasteiger charge is -2.14. The molecule has 0 aliphatic carbocycles. The van der Waals surface area contributed by atoms with Crippen LogP contribution in [0.5, 0.6) is 0 Å². The first-order valence-electron chi connectivity index (χ1n) is 16.6. The van der Waals surface area contributed by atoms with Gasteiger partial charge in [0.2, 0.25) is 0 Å². The van der Waals surface area contributed by atoms with Gasteiger partial charge in [0.15, 0.2) is 5.82 Å². The first kappa shape index (κ1) is 27.0. The molecule has 0 unspecified atom stereocenters. The van der Waals surface area contributed by atoms with Crippen molar-refractivity contribution in [3.8, 4) is 22.9 Å². The Labute approximate surface area is 276 Å². The molecule has 0 N–H and O–H groups in total. The molecule has 5 aromatic carbocycles. The second-order valence-electron chi connectivity index (χ2n) is 12.7. The standard InChI is InChI=1S/C42H32N6/c1-3-23-46-35-13-7-4-12-31(35)34-20-21-43-42(40(34)46)48-37-15-9-6-11-30(37)33-19-17-28(26-39(33)48)47-36-14-8-5-10-29(36)32-18-16-27(25-38(32)47)41-44-22-24-45(41)2/h4-22,24-26H,3,23H2,1-2H3. The molecule has 0 radical (unpaired) electrons. The topological polar surface area (TPSA) is 45.5 Å². The molecule has 0 saturated carbocycles. The van der Waals surface area contributed by atoms with Gasteiger partial charge in [-0.05, 0) is 48.9 Å². The van der Waals surface area contributed by atoms with Gasteiger partial charge >= 0.3 is 0 Å². The van der Waals surface area contributed by atoms with Crippen molar-refractivity contribution in [3.63, 3.8) is 0 Å². The third-order valence-corrected chi connectivity index (χ3v) is 9.99. The summed E-state index contributed by atoms with van der Waals surface area (Å²) in [7, 11) is 2.04. The van der Waals surface area contributed by atoms with Crippen LogP contribution in [0.3, 0.4) is 0 Å². The molecule has 0 fully saturated rings. The van der Waals surface area contributed by atoms with Crippen molar-refractivity contribution >= 4 is 65.4 Å². The summed E-state index contributed by atoms with van der Waals surface area (Å²) < 4.78 is 9.32. The van der Waals surface area contributed by atoms with Gasteiger partial charge in [-0.2, -0.15) is 0 Å². The lowest BCUT2D eigenvalue weighted by Crippen LogP contribution is -2.04. The van der Waals surface area contributed by atoms with E-state index in [1.165, 1.54) is 48.9 Å². The molecule has 0 amide bonds. The fourth-order valence-corrected chi connectivity index (χ4v) is 7.96. The molecule has 6 nitrogen and oxygen atoms in total. The molecule has 10 aromatic rings. The number of rotatable bonds is 5. The molecule has 0 atom stereocenters. The van der Waals surface area contributed by atoms with Crippen molar-refractivity contribution < 1.29 is 0 Å². The third kappa shape index (κ3) is 3.68. The SMILES string of the molecule is CCCn1c2ccccc2c2ccnc(-n3c4ccccc4c4ccc(-n5c6ccccc6c6ccc(-c7nccn7C)cc65)cc43)c21. The van der Waals surface area contributed by atoms with Gasteiger partial charge in [0.25, 0.3) is 0 Å². The van der Waals surface area contributed by atoms with Crippen LogP contribution in [0.25, 0.3) is 88.3 Å². The van der Waals surface area contributed by atoms with Crippen LogP contribution in [0.2, 0.25) is 0 Å². The van der Waals surface area contributed by atoms with Gasteiger partial charge in [-0.15, -0.1) is 0 Å². The fraction of sp³-hybridized carbons (Fsp3) is 0.0952. The van der Waals surface area contributed by atoms with Crippen molar-refractivity contribution in [3.05, 3.63) is 134 Å². The van der Waals surface area contributed by atoms with Gasteiger partial charge in [0.05, 0.1) is 27.6 Å². The highest BCUT2D eigenvalue weighted by molar-refractivity contribution is 6.15. The first-order valence-corrected chi connectivity index (χ1v) is 16.6. The fourth-order valence-electron chi connectivity index (χ4n) is 7.96. The van der Waals surface area contributed by atoms with Crippen molar-refractivity contribution in [2.24, 2.45) is 7.05 Å². The Bertz CT molecular complexity index is 2880. The van der Waals surface area contributed by atoms with E-state index < -0.39 is 0 Å². The van der Waals surface area contributed by atoms with E-state index in [4.69, 9.17) is 4.98 Å². The van der Waals surface area contributed by atoms with E-state index in [9.17, 15) is 0 Å². The molecule has 0 spiro atoms. The lowest BCUT2D eigenvalue weighted by molar-refractivity contribution is 0.721. The Morgan fingerprint density at radius 1 is 0.542 bits per heavy atom.